The lowest BCUT2D eigenvalue weighted by molar-refractivity contribution is -0.156. The van der Waals surface area contributed by atoms with Crippen LogP contribution in [0, 0.1) is 11.7 Å². The van der Waals surface area contributed by atoms with Crippen molar-refractivity contribution in [2.24, 2.45) is 5.92 Å². The van der Waals surface area contributed by atoms with Gasteiger partial charge in [-0.15, -0.1) is 0 Å². The molecular weight excluding hydrogens is 449 g/mol. The fourth-order valence-electron chi connectivity index (χ4n) is 3.43. The highest BCUT2D eigenvalue weighted by Gasteiger charge is 2.26. The molecule has 9 heteroatoms. The largest absolute Gasteiger partial charge is 0.458 e. The zero-order chi connectivity index (χ0) is 23.4. The van der Waals surface area contributed by atoms with Crippen molar-refractivity contribution in [3.05, 3.63) is 47.4 Å². The molecule has 0 radical (unpaired) electrons. The zero-order valence-electron chi connectivity index (χ0n) is 18.6. The number of aliphatic hydroxyl groups is 1. The maximum Gasteiger partial charge on any atom is 0.309 e. The van der Waals surface area contributed by atoms with Gasteiger partial charge in [0.15, 0.2) is 0 Å². The number of esters is 1. The van der Waals surface area contributed by atoms with Gasteiger partial charge in [-0.25, -0.2) is 14.4 Å². The van der Waals surface area contributed by atoms with Crippen LogP contribution in [0.5, 0.6) is 0 Å². The van der Waals surface area contributed by atoms with Crippen LogP contribution in [0.2, 0.25) is 0 Å². The van der Waals surface area contributed by atoms with Gasteiger partial charge in [0.1, 0.15) is 11.9 Å². The number of aliphatic hydroxyl groups excluding tert-OH is 1. The molecule has 2 aromatic rings. The maximum atomic E-state index is 13.6. The normalized spacial score (nSPS) is 19.9. The molecule has 0 bridgehead atoms. The van der Waals surface area contributed by atoms with Gasteiger partial charge in [0.05, 0.1) is 23.9 Å². The van der Waals surface area contributed by atoms with Crippen LogP contribution in [0.25, 0.3) is 17.3 Å². The molecule has 1 aromatic carbocycles. The molecule has 1 aromatic heterocycles. The molecule has 1 fully saturated rings. The number of cyclic esters (lactones) is 1. The number of hydrogen-bond acceptors (Lipinski definition) is 6. The van der Waals surface area contributed by atoms with Crippen LogP contribution in [0.1, 0.15) is 37.9 Å². The van der Waals surface area contributed by atoms with Gasteiger partial charge in [-0.05, 0) is 63.5 Å². The third kappa shape index (κ3) is 6.17. The summed E-state index contributed by atoms with van der Waals surface area (Å²) in [4.78, 5) is 21.3. The van der Waals surface area contributed by atoms with E-state index in [1.165, 1.54) is 12.1 Å². The minimum Gasteiger partial charge on any atom is -0.458 e. The Labute approximate surface area is 195 Å². The second-order valence-corrected chi connectivity index (χ2v) is 11.1. The molecule has 6 nitrogen and oxygen atoms in total. The smallest absolute Gasteiger partial charge is 0.309 e. The average molecular weight is 478 g/mol. The van der Waals surface area contributed by atoms with E-state index in [9.17, 15) is 14.3 Å². The highest BCUT2D eigenvalue weighted by molar-refractivity contribution is 8.29. The fraction of sp³-hybridized carbons (Fsp3) is 0.435. The van der Waals surface area contributed by atoms with Crippen LogP contribution >= 0.6 is 0 Å². The van der Waals surface area contributed by atoms with Gasteiger partial charge in [-0.1, -0.05) is 19.9 Å². The van der Waals surface area contributed by atoms with Gasteiger partial charge in [0.2, 0.25) is 5.95 Å². The van der Waals surface area contributed by atoms with Crippen molar-refractivity contribution in [3.8, 4) is 11.3 Å². The number of halogens is 1. The van der Waals surface area contributed by atoms with Gasteiger partial charge in [-0.3, -0.25) is 9.10 Å². The van der Waals surface area contributed by atoms with Crippen molar-refractivity contribution in [1.82, 2.24) is 9.97 Å². The third-order valence-corrected chi connectivity index (χ3v) is 6.67. The van der Waals surface area contributed by atoms with Crippen molar-refractivity contribution < 1.29 is 19.0 Å². The van der Waals surface area contributed by atoms with Gasteiger partial charge in [-0.2, -0.15) is 0 Å². The molecule has 1 N–H and O–H groups in total. The Balaban J connectivity index is 2.14. The number of anilines is 1. The van der Waals surface area contributed by atoms with Gasteiger partial charge >= 0.3 is 5.97 Å². The van der Waals surface area contributed by atoms with E-state index in [0.717, 1.165) is 16.8 Å². The number of hydrogen-bond donors (Lipinski definition) is 1. The van der Waals surface area contributed by atoms with Gasteiger partial charge in [0, 0.05) is 30.9 Å². The summed E-state index contributed by atoms with van der Waals surface area (Å²) in [5, 5.41) is 9.92. The van der Waals surface area contributed by atoms with E-state index >= 15 is 0 Å². The standard InChI is InChI=1S/C23H28FN3O3S2/c1-14(2)11-20-19(10-9-18-12-17(28)13-21(29)30-18)22(15-5-7-16(24)8-6-15)26-23(25-20)27(3)32(4)31/h5-10,14,17-18,28H,11-13H2,1-4H3/b10-9+/t17?,18-,32?/m1/s1. The number of benzene rings is 1. The molecule has 2 unspecified atom stereocenters. The van der Waals surface area contributed by atoms with Crippen LogP contribution in [0.15, 0.2) is 30.3 Å². The van der Waals surface area contributed by atoms with E-state index in [4.69, 9.17) is 25.9 Å². The lowest BCUT2D eigenvalue weighted by atomic mass is 9.97. The van der Waals surface area contributed by atoms with Crippen molar-refractivity contribution >= 4 is 38.8 Å². The number of ether oxygens (including phenoxy) is 1. The quantitative estimate of drug-likeness (QED) is 0.611. The molecule has 2 heterocycles. The van der Waals surface area contributed by atoms with E-state index in [2.05, 4.69) is 13.8 Å². The van der Waals surface area contributed by atoms with Crippen LogP contribution in [-0.4, -0.2) is 46.6 Å². The van der Waals surface area contributed by atoms with E-state index < -0.39 is 27.8 Å². The SMILES string of the molecule is CC(C)Cc1nc(N(C)S(C)=S)nc(-c2ccc(F)cc2)c1/C=C/[C@@H]1CC(O)CC(=O)O1. The molecule has 172 valence electrons. The molecule has 1 aliphatic heterocycles. The first-order valence-electron chi connectivity index (χ1n) is 10.4. The summed E-state index contributed by atoms with van der Waals surface area (Å²) in [5.74, 6) is 0.0862. The van der Waals surface area contributed by atoms with Crippen LogP contribution in [0.3, 0.4) is 0 Å². The van der Waals surface area contributed by atoms with Crippen molar-refractivity contribution in [2.45, 2.75) is 45.3 Å². The maximum absolute atomic E-state index is 13.6. The number of nitrogens with zero attached hydrogens (tertiary/aromatic N) is 3. The first-order chi connectivity index (χ1) is 15.1. The summed E-state index contributed by atoms with van der Waals surface area (Å²) in [6, 6.07) is 6.16. The summed E-state index contributed by atoms with van der Waals surface area (Å²) in [6.07, 6.45) is 5.30. The number of rotatable bonds is 7. The van der Waals surface area contributed by atoms with Gasteiger partial charge in [0.25, 0.3) is 0 Å². The summed E-state index contributed by atoms with van der Waals surface area (Å²) < 4.78 is 20.8. The van der Waals surface area contributed by atoms with Crippen molar-refractivity contribution in [3.63, 3.8) is 0 Å². The molecule has 0 saturated carbocycles. The molecule has 3 atom stereocenters. The predicted molar refractivity (Wildman–Crippen MR) is 129 cm³/mol. The Hall–Kier alpha value is -2.23. The number of aromatic nitrogens is 2. The highest BCUT2D eigenvalue weighted by atomic mass is 32.8. The Morgan fingerprint density at radius 1 is 1.34 bits per heavy atom. The van der Waals surface area contributed by atoms with E-state index in [-0.39, 0.29) is 12.2 Å². The summed E-state index contributed by atoms with van der Waals surface area (Å²) >= 11 is 5.42. The minimum atomic E-state index is -0.723. The third-order valence-electron chi connectivity index (χ3n) is 5.07. The first kappa shape index (κ1) is 24.4. The second kappa shape index (κ2) is 10.6. The second-order valence-electron chi connectivity index (χ2n) is 8.24. The Bertz CT molecular complexity index is 1030. The predicted octanol–water partition coefficient (Wildman–Crippen LogP) is 3.62. The zero-order valence-corrected chi connectivity index (χ0v) is 20.3. The van der Waals surface area contributed by atoms with Crippen molar-refractivity contribution in [1.29, 1.82) is 0 Å². The van der Waals surface area contributed by atoms with Crippen molar-refractivity contribution in [2.75, 3.05) is 17.6 Å². The molecule has 32 heavy (non-hydrogen) atoms. The molecule has 1 saturated heterocycles. The lowest BCUT2D eigenvalue weighted by Gasteiger charge is -2.24. The Morgan fingerprint density at radius 3 is 2.62 bits per heavy atom. The lowest BCUT2D eigenvalue weighted by Crippen LogP contribution is -2.31. The Kier molecular flexibility index (Phi) is 8.08. The monoisotopic (exact) mass is 477 g/mol. The molecule has 1 aliphatic rings. The molecule has 3 rings (SSSR count). The summed E-state index contributed by atoms with van der Waals surface area (Å²) in [6.45, 7) is 4.21. The summed E-state index contributed by atoms with van der Waals surface area (Å²) in [7, 11) is 1.36. The van der Waals surface area contributed by atoms with Crippen LogP contribution in [0.4, 0.5) is 10.3 Å². The topological polar surface area (TPSA) is 75.5 Å². The summed E-state index contributed by atoms with van der Waals surface area (Å²) in [5.41, 5.74) is 3.00. The molecular formula is C23H28FN3O3S2. The number of carbonyl (C=O) groups is 1. The van der Waals surface area contributed by atoms with Crippen LogP contribution in [-0.2, 0) is 36.8 Å². The first-order valence-corrected chi connectivity index (χ1v) is 13.0. The van der Waals surface area contributed by atoms with Gasteiger partial charge < -0.3 is 9.84 Å². The van der Waals surface area contributed by atoms with E-state index in [1.54, 1.807) is 18.2 Å². The van der Waals surface area contributed by atoms with E-state index in [1.807, 2.05) is 23.7 Å². The molecule has 0 spiro atoms. The fourth-order valence-corrected chi connectivity index (χ4v) is 3.95. The number of carbonyl (C=O) groups excluding carboxylic acids is 1. The minimum absolute atomic E-state index is 0.00789. The average Bonchev–Trinajstić information content (AvgIpc) is 2.71. The highest BCUT2D eigenvalue weighted by Crippen LogP contribution is 2.30. The molecule has 0 amide bonds. The van der Waals surface area contributed by atoms with Crippen LogP contribution < -0.4 is 4.31 Å². The van der Waals surface area contributed by atoms with E-state index in [0.29, 0.717) is 30.4 Å². The Morgan fingerprint density at radius 2 is 2.03 bits per heavy atom. The molecule has 0 aliphatic carbocycles.